The maximum Gasteiger partial charge on any atom is -0.0241 e. The van der Waals surface area contributed by atoms with Gasteiger partial charge in [0.15, 0.2) is 0 Å². The average Bonchev–Trinajstić information content (AvgIpc) is 2.63. The van der Waals surface area contributed by atoms with Crippen LogP contribution in [-0.4, -0.2) is 0 Å². The fourth-order valence-corrected chi connectivity index (χ4v) is 6.02. The van der Waals surface area contributed by atoms with Crippen LogP contribution in [0.1, 0.15) is 72.1 Å². The Labute approximate surface area is 108 Å². The van der Waals surface area contributed by atoms with Gasteiger partial charge in [-0.15, -0.1) is 0 Å². The summed E-state index contributed by atoms with van der Waals surface area (Å²) in [5.41, 5.74) is 0.677. The number of fused-ring (bicyclic) bond motifs is 3. The molecule has 0 nitrogen and oxygen atoms in total. The summed E-state index contributed by atoms with van der Waals surface area (Å²) >= 11 is 0. The lowest BCUT2D eigenvalue weighted by molar-refractivity contribution is 0.0478. The lowest BCUT2D eigenvalue weighted by atomic mass is 9.61. The molecule has 17 heavy (non-hydrogen) atoms. The standard InChI is InChI=1S/C17H30/c1-12(2)17(3)15-10-6-4-8-13(15)14-9-5-7-11-16(14)17/h12-16H,4-11H2,1-3H3/t13-,14+,15-,16-,17?/m0/s1. The Morgan fingerprint density at radius 2 is 1.18 bits per heavy atom. The summed E-state index contributed by atoms with van der Waals surface area (Å²) in [6.07, 6.45) is 12.3. The normalized spacial score (nSPS) is 50.1. The first kappa shape index (κ1) is 12.1. The van der Waals surface area contributed by atoms with E-state index in [2.05, 4.69) is 20.8 Å². The Morgan fingerprint density at radius 1 is 0.765 bits per heavy atom. The van der Waals surface area contributed by atoms with Gasteiger partial charge in [-0.25, -0.2) is 0 Å². The largest absolute Gasteiger partial charge is 0.0622 e. The van der Waals surface area contributed by atoms with Crippen molar-refractivity contribution < 1.29 is 0 Å². The minimum absolute atomic E-state index is 0.677. The first-order chi connectivity index (χ1) is 8.15. The molecule has 3 aliphatic carbocycles. The van der Waals surface area contributed by atoms with Crippen LogP contribution in [0.15, 0.2) is 0 Å². The second-order valence-corrected chi connectivity index (χ2v) is 7.63. The van der Waals surface area contributed by atoms with E-state index in [1.807, 2.05) is 0 Å². The monoisotopic (exact) mass is 234 g/mol. The zero-order valence-electron chi connectivity index (χ0n) is 12.0. The fourth-order valence-electron chi connectivity index (χ4n) is 6.02. The third-order valence-corrected chi connectivity index (χ3v) is 7.03. The van der Waals surface area contributed by atoms with Crippen molar-refractivity contribution in [1.82, 2.24) is 0 Å². The third-order valence-electron chi connectivity index (χ3n) is 7.03. The van der Waals surface area contributed by atoms with Crippen molar-refractivity contribution >= 4 is 0 Å². The zero-order valence-corrected chi connectivity index (χ0v) is 12.0. The molecule has 3 aliphatic rings. The maximum atomic E-state index is 2.66. The van der Waals surface area contributed by atoms with Crippen LogP contribution in [0.25, 0.3) is 0 Å². The molecule has 0 bridgehead atoms. The molecule has 0 aromatic carbocycles. The number of hydrogen-bond acceptors (Lipinski definition) is 0. The lowest BCUT2D eigenvalue weighted by Gasteiger charge is -2.44. The molecule has 0 heterocycles. The van der Waals surface area contributed by atoms with E-state index in [1.54, 1.807) is 25.7 Å². The summed E-state index contributed by atoms with van der Waals surface area (Å²) in [7, 11) is 0. The first-order valence-electron chi connectivity index (χ1n) is 8.15. The highest BCUT2D eigenvalue weighted by Crippen LogP contribution is 2.65. The third kappa shape index (κ3) is 1.62. The van der Waals surface area contributed by atoms with Crippen molar-refractivity contribution in [3.63, 3.8) is 0 Å². The molecule has 0 radical (unpaired) electrons. The van der Waals surface area contributed by atoms with E-state index in [-0.39, 0.29) is 0 Å². The van der Waals surface area contributed by atoms with Gasteiger partial charge in [0.1, 0.15) is 0 Å². The van der Waals surface area contributed by atoms with Gasteiger partial charge >= 0.3 is 0 Å². The highest BCUT2D eigenvalue weighted by Gasteiger charge is 2.58. The van der Waals surface area contributed by atoms with Crippen molar-refractivity contribution in [1.29, 1.82) is 0 Å². The van der Waals surface area contributed by atoms with Gasteiger partial charge in [0, 0.05) is 0 Å². The van der Waals surface area contributed by atoms with Crippen LogP contribution in [-0.2, 0) is 0 Å². The smallest absolute Gasteiger partial charge is 0.0241 e. The molecule has 0 aromatic heterocycles. The van der Waals surface area contributed by atoms with Crippen LogP contribution in [0, 0.1) is 35.0 Å². The Morgan fingerprint density at radius 3 is 1.59 bits per heavy atom. The summed E-state index contributed by atoms with van der Waals surface area (Å²) in [5.74, 6) is 5.26. The first-order valence-corrected chi connectivity index (χ1v) is 8.15. The SMILES string of the molecule is CC(C)C1(C)[C@H]2CCCC[C@@H]2[C@@H]2CCCC[C@@H]21. The molecule has 0 saturated heterocycles. The van der Waals surface area contributed by atoms with Gasteiger partial charge in [0.2, 0.25) is 0 Å². The fraction of sp³-hybridized carbons (Fsp3) is 1.00. The Kier molecular flexibility index (Phi) is 3.04. The van der Waals surface area contributed by atoms with Gasteiger partial charge < -0.3 is 0 Å². The van der Waals surface area contributed by atoms with Crippen LogP contribution in [0.4, 0.5) is 0 Å². The van der Waals surface area contributed by atoms with Crippen molar-refractivity contribution in [2.75, 3.05) is 0 Å². The molecule has 0 amide bonds. The van der Waals surface area contributed by atoms with Gasteiger partial charge in [0.25, 0.3) is 0 Å². The Bertz CT molecular complexity index is 256. The molecule has 0 spiro atoms. The molecule has 3 rings (SSSR count). The molecule has 98 valence electrons. The molecular weight excluding hydrogens is 204 g/mol. The highest BCUT2D eigenvalue weighted by molar-refractivity contribution is 5.06. The van der Waals surface area contributed by atoms with E-state index in [0.717, 1.165) is 29.6 Å². The molecule has 0 heteroatoms. The van der Waals surface area contributed by atoms with E-state index < -0.39 is 0 Å². The molecule has 3 saturated carbocycles. The van der Waals surface area contributed by atoms with Crippen LogP contribution in [0.3, 0.4) is 0 Å². The van der Waals surface area contributed by atoms with E-state index in [4.69, 9.17) is 0 Å². The number of rotatable bonds is 1. The molecule has 0 N–H and O–H groups in total. The lowest BCUT2D eigenvalue weighted by Crippen LogP contribution is -2.37. The number of hydrogen-bond donors (Lipinski definition) is 0. The van der Waals surface area contributed by atoms with Gasteiger partial charge in [0.05, 0.1) is 0 Å². The minimum atomic E-state index is 0.677. The predicted octanol–water partition coefficient (Wildman–Crippen LogP) is 5.28. The van der Waals surface area contributed by atoms with E-state index in [9.17, 15) is 0 Å². The second kappa shape index (κ2) is 4.28. The molecule has 5 atom stereocenters. The molecule has 3 fully saturated rings. The van der Waals surface area contributed by atoms with Crippen molar-refractivity contribution in [2.45, 2.75) is 72.1 Å². The van der Waals surface area contributed by atoms with Gasteiger partial charge in [-0.05, 0) is 60.7 Å². The van der Waals surface area contributed by atoms with Gasteiger partial charge in [-0.1, -0.05) is 46.5 Å². The minimum Gasteiger partial charge on any atom is -0.0622 e. The van der Waals surface area contributed by atoms with E-state index in [0.29, 0.717) is 5.41 Å². The van der Waals surface area contributed by atoms with E-state index in [1.165, 1.54) is 25.7 Å². The summed E-state index contributed by atoms with van der Waals surface area (Å²) in [6.45, 7) is 7.67. The summed E-state index contributed by atoms with van der Waals surface area (Å²) < 4.78 is 0. The van der Waals surface area contributed by atoms with Crippen LogP contribution in [0.2, 0.25) is 0 Å². The predicted molar refractivity (Wildman–Crippen MR) is 73.8 cm³/mol. The average molecular weight is 234 g/mol. The quantitative estimate of drug-likeness (QED) is 0.579. The molecule has 0 aliphatic heterocycles. The van der Waals surface area contributed by atoms with Gasteiger partial charge in [-0.2, -0.15) is 0 Å². The topological polar surface area (TPSA) is 0 Å². The van der Waals surface area contributed by atoms with Crippen molar-refractivity contribution in [3.05, 3.63) is 0 Å². The van der Waals surface area contributed by atoms with Crippen molar-refractivity contribution in [3.8, 4) is 0 Å². The Hall–Kier alpha value is 0. The maximum absolute atomic E-state index is 2.66. The van der Waals surface area contributed by atoms with E-state index >= 15 is 0 Å². The summed E-state index contributed by atoms with van der Waals surface area (Å²) in [5, 5.41) is 0. The Balaban J connectivity index is 1.95. The van der Waals surface area contributed by atoms with Crippen LogP contribution in [0.5, 0.6) is 0 Å². The highest BCUT2D eigenvalue weighted by atomic mass is 14.6. The molecular formula is C17H30. The zero-order chi connectivity index (χ0) is 12.0. The van der Waals surface area contributed by atoms with Crippen LogP contribution < -0.4 is 0 Å². The summed E-state index contributed by atoms with van der Waals surface area (Å²) in [4.78, 5) is 0. The van der Waals surface area contributed by atoms with Crippen molar-refractivity contribution in [2.24, 2.45) is 35.0 Å². The van der Waals surface area contributed by atoms with Gasteiger partial charge in [-0.3, -0.25) is 0 Å². The second-order valence-electron chi connectivity index (χ2n) is 7.63. The molecule has 0 aromatic rings. The van der Waals surface area contributed by atoms with Crippen LogP contribution >= 0.6 is 0 Å². The molecule has 1 unspecified atom stereocenters. The summed E-state index contributed by atoms with van der Waals surface area (Å²) in [6, 6.07) is 0.